The Morgan fingerprint density at radius 3 is 2.65 bits per heavy atom. The maximum Gasteiger partial charge on any atom is 0.420 e. The number of hydrogen-bond acceptors (Lipinski definition) is 9. The fraction of sp³-hybridized carbons (Fsp3) is 0.200. The molecular formula is C5H5N7O5. The van der Waals surface area contributed by atoms with E-state index in [1.807, 2.05) is 0 Å². The van der Waals surface area contributed by atoms with Gasteiger partial charge < -0.3 is 20.2 Å². The molecule has 0 amide bonds. The number of nitrogens with zero attached hydrogens (tertiary/aromatic N) is 5. The minimum Gasteiger partial charge on any atom is -0.358 e. The summed E-state index contributed by atoms with van der Waals surface area (Å²) in [6.07, 6.45) is 0.983. The van der Waals surface area contributed by atoms with Crippen LogP contribution in [0.4, 0.5) is 11.6 Å². The smallest absolute Gasteiger partial charge is 0.358 e. The number of hydroxylamine groups is 1. The number of nitrogens with two attached hydrogens (primary N) is 1. The first-order chi connectivity index (χ1) is 7.94. The molecule has 3 N–H and O–H groups in total. The van der Waals surface area contributed by atoms with Crippen LogP contribution in [0.3, 0.4) is 0 Å². The van der Waals surface area contributed by atoms with E-state index in [0.29, 0.717) is 10.7 Å². The van der Waals surface area contributed by atoms with Crippen LogP contribution in [0.5, 0.6) is 0 Å². The van der Waals surface area contributed by atoms with Crippen LogP contribution in [0.25, 0.3) is 0 Å². The van der Waals surface area contributed by atoms with Gasteiger partial charge in [-0.25, -0.2) is 0 Å². The number of nitro groups is 2. The van der Waals surface area contributed by atoms with Gasteiger partial charge >= 0.3 is 17.4 Å². The Hall–Kier alpha value is -2.60. The number of oxime groups is 1. The van der Waals surface area contributed by atoms with Gasteiger partial charge in [0.25, 0.3) is 0 Å². The van der Waals surface area contributed by atoms with Gasteiger partial charge in [-0.1, -0.05) is 10.6 Å². The summed E-state index contributed by atoms with van der Waals surface area (Å²) in [5, 5.41) is 27.9. The van der Waals surface area contributed by atoms with Crippen molar-refractivity contribution in [3.05, 3.63) is 26.3 Å². The molecule has 0 spiro atoms. The normalized spacial score (nSPS) is 22.4. The van der Waals surface area contributed by atoms with E-state index in [1.165, 1.54) is 0 Å². The summed E-state index contributed by atoms with van der Waals surface area (Å²) in [5.41, 5.74) is 7.75. The van der Waals surface area contributed by atoms with E-state index in [1.54, 1.807) is 0 Å². The fourth-order valence-electron chi connectivity index (χ4n) is 1.18. The standard InChI is InChI=1S/C5H5N7O5/c6-5(2-7-17-9-5)10-4(12(15)16)1-3(8-10)11(13)14/h1-2,9H,6H2. The molecule has 1 atom stereocenters. The van der Waals surface area contributed by atoms with Crippen LogP contribution >= 0.6 is 0 Å². The van der Waals surface area contributed by atoms with Crippen molar-refractivity contribution in [2.75, 3.05) is 0 Å². The lowest BCUT2D eigenvalue weighted by Crippen LogP contribution is -2.54. The summed E-state index contributed by atoms with van der Waals surface area (Å²) in [6, 6.07) is 0.683. The van der Waals surface area contributed by atoms with E-state index < -0.39 is 27.3 Å². The Labute approximate surface area is 91.9 Å². The number of aromatic nitrogens is 2. The molecular weight excluding hydrogens is 238 g/mol. The zero-order chi connectivity index (χ0) is 12.6. The van der Waals surface area contributed by atoms with E-state index in [9.17, 15) is 20.2 Å². The lowest BCUT2D eigenvalue weighted by Gasteiger charge is -2.10. The summed E-state index contributed by atoms with van der Waals surface area (Å²) in [4.78, 5) is 23.8. The number of hydrogen-bond donors (Lipinski definition) is 2. The van der Waals surface area contributed by atoms with Crippen LogP contribution in [0.2, 0.25) is 0 Å². The van der Waals surface area contributed by atoms with E-state index >= 15 is 0 Å². The largest absolute Gasteiger partial charge is 0.420 e. The van der Waals surface area contributed by atoms with Gasteiger partial charge in [0.1, 0.15) is 12.3 Å². The summed E-state index contributed by atoms with van der Waals surface area (Å²) >= 11 is 0. The van der Waals surface area contributed by atoms with Crippen molar-refractivity contribution in [3.63, 3.8) is 0 Å². The molecule has 0 fully saturated rings. The molecule has 12 nitrogen and oxygen atoms in total. The molecule has 0 bridgehead atoms. The van der Waals surface area contributed by atoms with Crippen molar-refractivity contribution in [1.29, 1.82) is 0 Å². The van der Waals surface area contributed by atoms with Crippen LogP contribution in [0, 0.1) is 20.2 Å². The van der Waals surface area contributed by atoms with Gasteiger partial charge in [0, 0.05) is 4.68 Å². The van der Waals surface area contributed by atoms with Gasteiger partial charge in [0.05, 0.1) is 0 Å². The molecule has 0 aromatic carbocycles. The molecule has 1 aliphatic rings. The van der Waals surface area contributed by atoms with Gasteiger partial charge in [-0.15, -0.1) is 0 Å². The molecule has 1 aromatic heterocycles. The monoisotopic (exact) mass is 243 g/mol. The molecule has 1 aromatic rings. The second kappa shape index (κ2) is 3.46. The fourth-order valence-corrected chi connectivity index (χ4v) is 1.18. The van der Waals surface area contributed by atoms with Crippen molar-refractivity contribution < 1.29 is 14.8 Å². The number of nitrogens with one attached hydrogen (secondary N) is 1. The Morgan fingerprint density at radius 1 is 1.47 bits per heavy atom. The average Bonchev–Trinajstić information content (AvgIpc) is 2.83. The highest BCUT2D eigenvalue weighted by atomic mass is 16.8. The highest BCUT2D eigenvalue weighted by Crippen LogP contribution is 2.23. The van der Waals surface area contributed by atoms with E-state index in [4.69, 9.17) is 5.73 Å². The number of rotatable bonds is 3. The average molecular weight is 243 g/mol. The predicted octanol–water partition coefficient (Wildman–Crippen LogP) is -1.21. The van der Waals surface area contributed by atoms with Crippen molar-refractivity contribution in [2.24, 2.45) is 10.9 Å². The molecule has 90 valence electrons. The molecule has 0 aliphatic carbocycles. The zero-order valence-electron chi connectivity index (χ0n) is 8.01. The molecule has 0 saturated carbocycles. The first-order valence-electron chi connectivity index (χ1n) is 4.10. The van der Waals surface area contributed by atoms with Crippen molar-refractivity contribution in [1.82, 2.24) is 15.3 Å². The second-order valence-electron chi connectivity index (χ2n) is 3.04. The van der Waals surface area contributed by atoms with Gasteiger partial charge in [0.15, 0.2) is 5.10 Å². The highest BCUT2D eigenvalue weighted by molar-refractivity contribution is 5.67. The Bertz CT molecular complexity index is 523. The predicted molar refractivity (Wildman–Crippen MR) is 50.4 cm³/mol. The van der Waals surface area contributed by atoms with E-state index in [2.05, 4.69) is 20.7 Å². The van der Waals surface area contributed by atoms with Crippen molar-refractivity contribution in [2.45, 2.75) is 5.79 Å². The zero-order valence-corrected chi connectivity index (χ0v) is 8.01. The van der Waals surface area contributed by atoms with Crippen LogP contribution in [0.1, 0.15) is 0 Å². The molecule has 0 radical (unpaired) electrons. The van der Waals surface area contributed by atoms with E-state index in [-0.39, 0.29) is 0 Å². The molecule has 12 heteroatoms. The molecule has 1 aliphatic heterocycles. The van der Waals surface area contributed by atoms with Crippen molar-refractivity contribution in [3.8, 4) is 0 Å². The van der Waals surface area contributed by atoms with Crippen LogP contribution in [0.15, 0.2) is 11.2 Å². The third kappa shape index (κ3) is 1.66. The third-order valence-electron chi connectivity index (χ3n) is 1.91. The summed E-state index contributed by atoms with van der Waals surface area (Å²) < 4.78 is 0.599. The van der Waals surface area contributed by atoms with Gasteiger partial charge in [-0.3, -0.25) is 10.7 Å². The molecule has 2 heterocycles. The Morgan fingerprint density at radius 2 is 2.18 bits per heavy atom. The van der Waals surface area contributed by atoms with Crippen LogP contribution in [-0.2, 0) is 10.7 Å². The minimum absolute atomic E-state index is 0.599. The lowest BCUT2D eigenvalue weighted by molar-refractivity contribution is -0.395. The molecule has 17 heavy (non-hydrogen) atoms. The maximum absolute atomic E-state index is 10.7. The van der Waals surface area contributed by atoms with Crippen LogP contribution < -0.4 is 11.2 Å². The Balaban J connectivity index is 2.55. The van der Waals surface area contributed by atoms with Crippen LogP contribution in [-0.4, -0.2) is 25.8 Å². The molecule has 1 unspecified atom stereocenters. The second-order valence-corrected chi connectivity index (χ2v) is 3.04. The van der Waals surface area contributed by atoms with Crippen molar-refractivity contribution >= 4 is 17.9 Å². The minimum atomic E-state index is -1.74. The summed E-state index contributed by atoms with van der Waals surface area (Å²) in [5.74, 6) is -3.11. The summed E-state index contributed by atoms with van der Waals surface area (Å²) in [6.45, 7) is 0. The molecule has 2 rings (SSSR count). The van der Waals surface area contributed by atoms with Gasteiger partial charge in [0.2, 0.25) is 0 Å². The highest BCUT2D eigenvalue weighted by Gasteiger charge is 2.46. The van der Waals surface area contributed by atoms with Gasteiger partial charge in [-0.05, 0) is 9.85 Å². The topological polar surface area (TPSA) is 164 Å². The lowest BCUT2D eigenvalue weighted by atomic mass is 10.4. The quantitative estimate of drug-likeness (QED) is 0.492. The first-order valence-corrected chi connectivity index (χ1v) is 4.10. The van der Waals surface area contributed by atoms with E-state index in [0.717, 1.165) is 6.21 Å². The first kappa shape index (κ1) is 10.9. The third-order valence-corrected chi connectivity index (χ3v) is 1.91. The maximum atomic E-state index is 10.7. The summed E-state index contributed by atoms with van der Waals surface area (Å²) in [7, 11) is 0. The molecule has 0 saturated heterocycles. The SMILES string of the molecule is NC1(n2nc([N+](=O)[O-])cc2[N+](=O)[O-])C=NON1. The Kier molecular flexibility index (Phi) is 2.22. The van der Waals surface area contributed by atoms with Gasteiger partial charge in [-0.2, -0.15) is 0 Å².